The maximum atomic E-state index is 12.2. The second kappa shape index (κ2) is 5.24. The maximum absolute atomic E-state index is 12.2. The van der Waals surface area contributed by atoms with Gasteiger partial charge in [0.25, 0.3) is 5.91 Å². The van der Waals surface area contributed by atoms with E-state index in [1.54, 1.807) is 30.4 Å². The first kappa shape index (κ1) is 12.5. The van der Waals surface area contributed by atoms with Crippen LogP contribution in [-0.4, -0.2) is 62.1 Å². The van der Waals surface area contributed by atoms with Crippen molar-refractivity contribution in [3.8, 4) is 0 Å². The number of nitrogens with one attached hydrogen (secondary N) is 1. The van der Waals surface area contributed by atoms with Gasteiger partial charge in [-0.3, -0.25) is 14.9 Å². The lowest BCUT2D eigenvalue weighted by Crippen LogP contribution is -2.49. The van der Waals surface area contributed by atoms with E-state index in [2.05, 4.69) is 30.0 Å². The van der Waals surface area contributed by atoms with Gasteiger partial charge in [0.2, 0.25) is 5.82 Å². The quantitative estimate of drug-likeness (QED) is 0.819. The van der Waals surface area contributed by atoms with Crippen LogP contribution in [0.15, 0.2) is 18.6 Å². The van der Waals surface area contributed by atoms with E-state index in [0.717, 1.165) is 18.9 Å². The maximum Gasteiger partial charge on any atom is 0.293 e. The van der Waals surface area contributed by atoms with E-state index in [1.165, 1.54) is 0 Å². The van der Waals surface area contributed by atoms with E-state index in [9.17, 15) is 4.79 Å². The summed E-state index contributed by atoms with van der Waals surface area (Å²) in [6.45, 7) is 4.49. The molecule has 1 aliphatic heterocycles. The molecule has 0 unspecified atom stereocenters. The van der Waals surface area contributed by atoms with Crippen LogP contribution in [0.3, 0.4) is 0 Å². The van der Waals surface area contributed by atoms with Crippen molar-refractivity contribution >= 4 is 11.7 Å². The molecule has 0 saturated carbocycles. The van der Waals surface area contributed by atoms with Crippen molar-refractivity contribution in [3.05, 3.63) is 30.2 Å². The predicted octanol–water partition coefficient (Wildman–Crippen LogP) is -0.134. The predicted molar refractivity (Wildman–Crippen MR) is 71.3 cm³/mol. The monoisotopic (exact) mass is 273 g/mol. The molecule has 0 spiro atoms. The van der Waals surface area contributed by atoms with Crippen LogP contribution in [-0.2, 0) is 0 Å². The summed E-state index contributed by atoms with van der Waals surface area (Å²) in [4.78, 5) is 28.4. The molecule has 8 heteroatoms. The first-order valence-corrected chi connectivity index (χ1v) is 6.43. The third-order valence-electron chi connectivity index (χ3n) is 3.23. The number of anilines is 1. The minimum atomic E-state index is -0.131. The first-order valence-electron chi connectivity index (χ1n) is 6.43. The van der Waals surface area contributed by atoms with Gasteiger partial charge < -0.3 is 9.80 Å². The molecule has 0 aliphatic carbocycles. The molecule has 0 atom stereocenters. The average molecular weight is 273 g/mol. The Morgan fingerprint density at radius 1 is 1.25 bits per heavy atom. The van der Waals surface area contributed by atoms with Gasteiger partial charge in [-0.1, -0.05) is 0 Å². The molecule has 104 valence electrons. The molecule has 1 fully saturated rings. The molecule has 2 aromatic heterocycles. The Balaban J connectivity index is 1.63. The number of H-pyrrole nitrogens is 1. The average Bonchev–Trinajstić information content (AvgIpc) is 2.94. The molecule has 2 aromatic rings. The van der Waals surface area contributed by atoms with Gasteiger partial charge in [0, 0.05) is 38.6 Å². The van der Waals surface area contributed by atoms with Gasteiger partial charge in [-0.2, -0.15) is 0 Å². The number of aromatic amines is 1. The third kappa shape index (κ3) is 2.44. The topological polar surface area (TPSA) is 90.9 Å². The lowest BCUT2D eigenvalue weighted by Gasteiger charge is -2.34. The van der Waals surface area contributed by atoms with E-state index >= 15 is 0 Å². The van der Waals surface area contributed by atoms with Crippen LogP contribution in [0.5, 0.6) is 0 Å². The van der Waals surface area contributed by atoms with Gasteiger partial charge in [0.05, 0.1) is 6.20 Å². The first-order chi connectivity index (χ1) is 9.74. The number of aryl methyl sites for hydroxylation is 1. The van der Waals surface area contributed by atoms with E-state index in [4.69, 9.17) is 0 Å². The van der Waals surface area contributed by atoms with Crippen LogP contribution < -0.4 is 4.90 Å². The Bertz CT molecular complexity index is 589. The minimum Gasteiger partial charge on any atom is -0.352 e. The Kier molecular flexibility index (Phi) is 3.28. The zero-order valence-electron chi connectivity index (χ0n) is 11.2. The van der Waals surface area contributed by atoms with E-state index < -0.39 is 0 Å². The molecular formula is C12H15N7O. The fourth-order valence-electron chi connectivity index (χ4n) is 2.17. The van der Waals surface area contributed by atoms with Crippen LogP contribution in [0.25, 0.3) is 0 Å². The number of hydrogen-bond donors (Lipinski definition) is 1. The van der Waals surface area contributed by atoms with Crippen molar-refractivity contribution in [2.24, 2.45) is 0 Å². The van der Waals surface area contributed by atoms with Crippen molar-refractivity contribution in [2.75, 3.05) is 31.1 Å². The van der Waals surface area contributed by atoms with Gasteiger partial charge in [-0.25, -0.2) is 9.97 Å². The largest absolute Gasteiger partial charge is 0.352 e. The molecule has 0 bridgehead atoms. The van der Waals surface area contributed by atoms with Gasteiger partial charge in [0.15, 0.2) is 0 Å². The van der Waals surface area contributed by atoms with Crippen LogP contribution in [0.2, 0.25) is 0 Å². The summed E-state index contributed by atoms with van der Waals surface area (Å²) in [5.41, 5.74) is 0. The number of carbonyl (C=O) groups excluding carboxylic acids is 1. The van der Waals surface area contributed by atoms with Crippen LogP contribution in [0.1, 0.15) is 16.4 Å². The molecule has 3 heterocycles. The summed E-state index contributed by atoms with van der Waals surface area (Å²) < 4.78 is 0. The molecule has 0 aromatic carbocycles. The van der Waals surface area contributed by atoms with Crippen molar-refractivity contribution in [3.63, 3.8) is 0 Å². The highest BCUT2D eigenvalue weighted by Gasteiger charge is 2.25. The molecule has 1 amide bonds. The summed E-state index contributed by atoms with van der Waals surface area (Å²) in [7, 11) is 0. The zero-order chi connectivity index (χ0) is 13.9. The second-order valence-corrected chi connectivity index (χ2v) is 4.59. The highest BCUT2D eigenvalue weighted by molar-refractivity contribution is 5.90. The van der Waals surface area contributed by atoms with Crippen molar-refractivity contribution < 1.29 is 4.79 Å². The fourth-order valence-corrected chi connectivity index (χ4v) is 2.17. The second-order valence-electron chi connectivity index (χ2n) is 4.59. The van der Waals surface area contributed by atoms with Crippen molar-refractivity contribution in [2.45, 2.75) is 6.92 Å². The number of carbonyl (C=O) groups is 1. The normalized spacial score (nSPS) is 15.4. The number of rotatable bonds is 2. The molecule has 20 heavy (non-hydrogen) atoms. The standard InChI is InChI=1S/C12H15N7O/c1-9-15-11(17-16-9)12(20)19-6-4-18(5-7-19)10-8-13-2-3-14-10/h2-3,8H,4-7H2,1H3,(H,15,16,17). The van der Waals surface area contributed by atoms with Crippen LogP contribution in [0, 0.1) is 6.92 Å². The van der Waals surface area contributed by atoms with E-state index in [0.29, 0.717) is 18.9 Å². The van der Waals surface area contributed by atoms with Gasteiger partial charge in [0.1, 0.15) is 11.6 Å². The molecule has 8 nitrogen and oxygen atoms in total. The molecule has 3 rings (SSSR count). The number of hydrogen-bond acceptors (Lipinski definition) is 6. The SMILES string of the molecule is Cc1nc(C(=O)N2CCN(c3cnccn3)CC2)n[nH]1. The van der Waals surface area contributed by atoms with E-state index in [1.807, 2.05) is 0 Å². The Morgan fingerprint density at radius 3 is 2.65 bits per heavy atom. The van der Waals surface area contributed by atoms with E-state index in [-0.39, 0.29) is 11.7 Å². The minimum absolute atomic E-state index is 0.131. The molecular weight excluding hydrogens is 258 g/mol. The van der Waals surface area contributed by atoms with Gasteiger partial charge in [-0.05, 0) is 6.92 Å². The summed E-state index contributed by atoms with van der Waals surface area (Å²) in [6, 6.07) is 0. The third-order valence-corrected chi connectivity index (χ3v) is 3.23. The van der Waals surface area contributed by atoms with Crippen molar-refractivity contribution in [1.29, 1.82) is 0 Å². The number of piperazine rings is 1. The number of nitrogens with zero attached hydrogens (tertiary/aromatic N) is 6. The Morgan fingerprint density at radius 2 is 2.05 bits per heavy atom. The van der Waals surface area contributed by atoms with Gasteiger partial charge in [-0.15, -0.1) is 5.10 Å². The summed E-state index contributed by atoms with van der Waals surface area (Å²) in [6.07, 6.45) is 5.05. The summed E-state index contributed by atoms with van der Waals surface area (Å²) >= 11 is 0. The van der Waals surface area contributed by atoms with Gasteiger partial charge >= 0.3 is 0 Å². The highest BCUT2D eigenvalue weighted by atomic mass is 16.2. The lowest BCUT2D eigenvalue weighted by molar-refractivity contribution is 0.0734. The molecule has 1 N–H and O–H groups in total. The Hall–Kier alpha value is -2.51. The highest BCUT2D eigenvalue weighted by Crippen LogP contribution is 2.12. The number of aromatic nitrogens is 5. The molecule has 0 radical (unpaired) electrons. The molecule has 1 aliphatic rings. The Labute approximate surface area is 115 Å². The van der Waals surface area contributed by atoms with Crippen molar-refractivity contribution in [1.82, 2.24) is 30.0 Å². The summed E-state index contributed by atoms with van der Waals surface area (Å²) in [5, 5.41) is 6.59. The smallest absolute Gasteiger partial charge is 0.293 e. The lowest BCUT2D eigenvalue weighted by atomic mass is 10.3. The fraction of sp³-hybridized carbons (Fsp3) is 0.417. The zero-order valence-corrected chi connectivity index (χ0v) is 11.2. The molecule has 1 saturated heterocycles. The number of amides is 1. The summed E-state index contributed by atoms with van der Waals surface area (Å²) in [5.74, 6) is 1.59. The van der Waals surface area contributed by atoms with Crippen LogP contribution >= 0.6 is 0 Å². The van der Waals surface area contributed by atoms with Crippen LogP contribution in [0.4, 0.5) is 5.82 Å².